The second kappa shape index (κ2) is 5.54. The lowest BCUT2D eigenvalue weighted by Crippen LogP contribution is -2.22. The lowest BCUT2D eigenvalue weighted by atomic mass is 10.1. The van der Waals surface area contributed by atoms with Crippen molar-refractivity contribution in [3.05, 3.63) is 50.8 Å². The van der Waals surface area contributed by atoms with E-state index in [9.17, 15) is 0 Å². The summed E-state index contributed by atoms with van der Waals surface area (Å²) in [7, 11) is 0. The standard InChI is InChI=1S/C12H11BrClN3O/c1-7-8(3-2-4-9(7)14)6-16-12(15)10-5-11(13)17-18-10/h2-5H,6H2,1H3,(H2,15,16). The van der Waals surface area contributed by atoms with E-state index in [1.807, 2.05) is 25.1 Å². The van der Waals surface area contributed by atoms with Gasteiger partial charge in [0.05, 0.1) is 0 Å². The second-order valence-corrected chi connectivity index (χ2v) is 4.99. The van der Waals surface area contributed by atoms with Crippen LogP contribution in [0.15, 0.2) is 33.4 Å². The number of halogens is 2. The van der Waals surface area contributed by atoms with Crippen LogP contribution in [0.1, 0.15) is 16.9 Å². The Labute approximate surface area is 118 Å². The summed E-state index contributed by atoms with van der Waals surface area (Å²) in [6, 6.07) is 7.35. The maximum Gasteiger partial charge on any atom is 0.202 e. The van der Waals surface area contributed by atoms with Crippen LogP contribution in [-0.2, 0) is 6.54 Å². The molecule has 0 saturated carbocycles. The van der Waals surface area contributed by atoms with Gasteiger partial charge in [0.1, 0.15) is 4.60 Å². The van der Waals surface area contributed by atoms with Crippen LogP contribution in [0.25, 0.3) is 0 Å². The minimum Gasteiger partial charge on any atom is -0.363 e. The van der Waals surface area contributed by atoms with Crippen molar-refractivity contribution in [1.82, 2.24) is 10.5 Å². The molecule has 6 heteroatoms. The molecule has 18 heavy (non-hydrogen) atoms. The highest BCUT2D eigenvalue weighted by Gasteiger charge is 2.09. The first kappa shape index (κ1) is 13.1. The van der Waals surface area contributed by atoms with E-state index in [4.69, 9.17) is 21.5 Å². The molecular weight excluding hydrogens is 318 g/mol. The van der Waals surface area contributed by atoms with E-state index in [0.29, 0.717) is 16.9 Å². The normalized spacial score (nSPS) is 10.4. The number of hydrogen-bond donors (Lipinski definition) is 2. The Morgan fingerprint density at radius 3 is 3.00 bits per heavy atom. The monoisotopic (exact) mass is 327 g/mol. The van der Waals surface area contributed by atoms with E-state index in [1.165, 1.54) is 0 Å². The summed E-state index contributed by atoms with van der Waals surface area (Å²) in [6.07, 6.45) is 0. The number of amidine groups is 1. The van der Waals surface area contributed by atoms with Gasteiger partial charge in [-0.1, -0.05) is 28.9 Å². The molecule has 0 saturated heterocycles. The summed E-state index contributed by atoms with van der Waals surface area (Å²) in [5, 5.41) is 15.2. The molecule has 0 atom stereocenters. The lowest BCUT2D eigenvalue weighted by Gasteiger charge is -2.09. The van der Waals surface area contributed by atoms with E-state index in [-0.39, 0.29) is 5.84 Å². The quantitative estimate of drug-likeness (QED) is 0.669. The van der Waals surface area contributed by atoms with E-state index < -0.39 is 0 Å². The van der Waals surface area contributed by atoms with Crippen LogP contribution in [0.5, 0.6) is 0 Å². The third-order valence-corrected chi connectivity index (χ3v) is 3.35. The molecule has 1 heterocycles. The molecule has 0 aliphatic heterocycles. The number of benzene rings is 1. The highest BCUT2D eigenvalue weighted by Crippen LogP contribution is 2.18. The van der Waals surface area contributed by atoms with Gasteiger partial charge in [0.25, 0.3) is 0 Å². The van der Waals surface area contributed by atoms with Crippen LogP contribution >= 0.6 is 27.5 Å². The Kier molecular flexibility index (Phi) is 4.04. The molecule has 2 aromatic rings. The van der Waals surface area contributed by atoms with Gasteiger partial charge in [-0.3, -0.25) is 5.41 Å². The highest BCUT2D eigenvalue weighted by molar-refractivity contribution is 9.10. The maximum absolute atomic E-state index is 7.82. The van der Waals surface area contributed by atoms with Gasteiger partial charge in [-0.15, -0.1) is 0 Å². The van der Waals surface area contributed by atoms with Crippen LogP contribution < -0.4 is 5.32 Å². The van der Waals surface area contributed by atoms with E-state index in [1.54, 1.807) is 6.07 Å². The fraction of sp³-hybridized carbons (Fsp3) is 0.167. The van der Waals surface area contributed by atoms with Crippen LogP contribution in [0.3, 0.4) is 0 Å². The molecule has 2 rings (SSSR count). The minimum atomic E-state index is 0.188. The first-order valence-corrected chi connectivity index (χ1v) is 6.44. The van der Waals surface area contributed by atoms with Crippen LogP contribution in [-0.4, -0.2) is 11.0 Å². The molecular formula is C12H11BrClN3O. The first-order chi connectivity index (χ1) is 8.58. The van der Waals surface area contributed by atoms with Crippen LogP contribution in [0, 0.1) is 12.3 Å². The van der Waals surface area contributed by atoms with Crippen LogP contribution in [0.4, 0.5) is 0 Å². The fourth-order valence-electron chi connectivity index (χ4n) is 1.49. The predicted molar refractivity (Wildman–Crippen MR) is 74.1 cm³/mol. The first-order valence-electron chi connectivity index (χ1n) is 5.27. The third kappa shape index (κ3) is 2.91. The average Bonchev–Trinajstić information content (AvgIpc) is 2.77. The zero-order valence-corrected chi connectivity index (χ0v) is 12.0. The third-order valence-electron chi connectivity index (χ3n) is 2.56. The largest absolute Gasteiger partial charge is 0.363 e. The smallest absolute Gasteiger partial charge is 0.202 e. The fourth-order valence-corrected chi connectivity index (χ4v) is 1.96. The molecule has 0 unspecified atom stereocenters. The lowest BCUT2D eigenvalue weighted by molar-refractivity contribution is 0.407. The minimum absolute atomic E-state index is 0.188. The molecule has 0 fully saturated rings. The molecule has 2 N–H and O–H groups in total. The number of rotatable bonds is 3. The van der Waals surface area contributed by atoms with Crippen molar-refractivity contribution in [1.29, 1.82) is 5.41 Å². The molecule has 1 aromatic heterocycles. The predicted octanol–water partition coefficient (Wildman–Crippen LogP) is 3.51. The van der Waals surface area contributed by atoms with Gasteiger partial charge >= 0.3 is 0 Å². The van der Waals surface area contributed by atoms with Crippen LogP contribution in [0.2, 0.25) is 5.02 Å². The van der Waals surface area contributed by atoms with Crippen molar-refractivity contribution in [2.24, 2.45) is 0 Å². The number of nitrogens with one attached hydrogen (secondary N) is 2. The van der Waals surface area contributed by atoms with Gasteiger partial charge in [-0.25, -0.2) is 0 Å². The number of aromatic nitrogens is 1. The Morgan fingerprint density at radius 2 is 2.33 bits per heavy atom. The van der Waals surface area contributed by atoms with Gasteiger partial charge < -0.3 is 9.84 Å². The summed E-state index contributed by atoms with van der Waals surface area (Å²) in [5.41, 5.74) is 2.06. The molecule has 1 aromatic carbocycles. The van der Waals surface area contributed by atoms with Gasteiger partial charge in [0.2, 0.25) is 5.76 Å². The van der Waals surface area contributed by atoms with Crippen molar-refractivity contribution >= 4 is 33.4 Å². The van der Waals surface area contributed by atoms with Crippen molar-refractivity contribution in [3.63, 3.8) is 0 Å². The zero-order valence-electron chi connectivity index (χ0n) is 9.63. The van der Waals surface area contributed by atoms with E-state index in [0.717, 1.165) is 16.1 Å². The molecule has 94 valence electrons. The molecule has 0 radical (unpaired) electrons. The van der Waals surface area contributed by atoms with Gasteiger partial charge in [0.15, 0.2) is 5.84 Å². The van der Waals surface area contributed by atoms with Gasteiger partial charge in [-0.05, 0) is 40.0 Å². The maximum atomic E-state index is 7.82. The second-order valence-electron chi connectivity index (χ2n) is 3.77. The number of hydrogen-bond acceptors (Lipinski definition) is 3. The Morgan fingerprint density at radius 1 is 1.56 bits per heavy atom. The van der Waals surface area contributed by atoms with E-state index >= 15 is 0 Å². The molecule has 0 spiro atoms. The van der Waals surface area contributed by atoms with Crippen molar-refractivity contribution in [3.8, 4) is 0 Å². The summed E-state index contributed by atoms with van der Waals surface area (Å²) in [4.78, 5) is 0. The molecule has 0 amide bonds. The van der Waals surface area contributed by atoms with Crippen molar-refractivity contribution in [2.75, 3.05) is 0 Å². The number of nitrogens with zero attached hydrogens (tertiary/aromatic N) is 1. The molecule has 0 aliphatic carbocycles. The SMILES string of the molecule is Cc1c(Cl)cccc1CNC(=N)c1cc(Br)no1. The summed E-state index contributed by atoms with van der Waals surface area (Å²) >= 11 is 9.20. The van der Waals surface area contributed by atoms with E-state index in [2.05, 4.69) is 26.4 Å². The zero-order chi connectivity index (χ0) is 13.1. The molecule has 4 nitrogen and oxygen atoms in total. The summed E-state index contributed by atoms with van der Waals surface area (Å²) in [6.45, 7) is 2.47. The highest BCUT2D eigenvalue weighted by atomic mass is 79.9. The summed E-state index contributed by atoms with van der Waals surface area (Å²) in [5.74, 6) is 0.578. The summed E-state index contributed by atoms with van der Waals surface area (Å²) < 4.78 is 5.53. The van der Waals surface area contributed by atoms with Gasteiger partial charge in [0, 0.05) is 17.6 Å². The van der Waals surface area contributed by atoms with Gasteiger partial charge in [-0.2, -0.15) is 0 Å². The Hall–Kier alpha value is -1.33. The average molecular weight is 329 g/mol. The Balaban J connectivity index is 2.04. The Bertz CT molecular complexity index is 582. The van der Waals surface area contributed by atoms with Crippen molar-refractivity contribution in [2.45, 2.75) is 13.5 Å². The molecule has 0 bridgehead atoms. The molecule has 0 aliphatic rings. The topological polar surface area (TPSA) is 61.9 Å². The van der Waals surface area contributed by atoms with Crippen molar-refractivity contribution < 1.29 is 4.52 Å².